The van der Waals surface area contributed by atoms with Crippen molar-refractivity contribution in [1.82, 2.24) is 4.57 Å². The van der Waals surface area contributed by atoms with E-state index >= 15 is 0 Å². The minimum absolute atomic E-state index is 0.142. The number of rotatable bonds is 8. The predicted octanol–water partition coefficient (Wildman–Crippen LogP) is 5.62. The lowest BCUT2D eigenvalue weighted by atomic mass is 10.0. The Balaban J connectivity index is 1.29. The fourth-order valence-electron chi connectivity index (χ4n) is 4.65. The van der Waals surface area contributed by atoms with Gasteiger partial charge in [-0.15, -0.1) is 11.3 Å². The molecule has 5 aromatic rings. The van der Waals surface area contributed by atoms with Crippen LogP contribution in [-0.4, -0.2) is 10.5 Å². The van der Waals surface area contributed by atoms with Crippen LogP contribution in [0, 0.1) is 0 Å². The van der Waals surface area contributed by atoms with Gasteiger partial charge < -0.3 is 9.47 Å². The van der Waals surface area contributed by atoms with Gasteiger partial charge in [0.15, 0.2) is 4.80 Å². The Hall–Kier alpha value is -4.53. The second-order valence-electron chi connectivity index (χ2n) is 9.50. The minimum atomic E-state index is -0.606. The number of hydrogen-bond donors (Lipinski definition) is 0. The summed E-state index contributed by atoms with van der Waals surface area (Å²) in [4.78, 5) is 33.3. The van der Waals surface area contributed by atoms with Crippen LogP contribution in [-0.2, 0) is 22.7 Å². The van der Waals surface area contributed by atoms with Crippen LogP contribution in [0.25, 0.3) is 6.08 Å². The molecule has 1 aliphatic rings. The molecule has 8 heteroatoms. The molecular weight excluding hydrogens is 553 g/mol. The molecule has 6 rings (SSSR count). The van der Waals surface area contributed by atoms with E-state index in [-0.39, 0.29) is 12.2 Å². The molecule has 0 aliphatic carbocycles. The molecule has 0 saturated heterocycles. The SMILES string of the molecule is CC1=C(C(=O)OCc2ccccc2)[C@H](c2cccs2)n2c(s/c(=C/c3ccc(OCc4ccccc4)cc3)c2=O)=N1. The van der Waals surface area contributed by atoms with E-state index in [0.29, 0.717) is 27.2 Å². The third kappa shape index (κ3) is 5.84. The van der Waals surface area contributed by atoms with Crippen molar-refractivity contribution >= 4 is 34.7 Å². The van der Waals surface area contributed by atoms with Crippen LogP contribution in [0.4, 0.5) is 0 Å². The number of fused-ring (bicyclic) bond motifs is 1. The van der Waals surface area contributed by atoms with Gasteiger partial charge in [0.25, 0.3) is 5.56 Å². The number of allylic oxidation sites excluding steroid dienone is 1. The third-order valence-electron chi connectivity index (χ3n) is 6.69. The molecule has 0 saturated carbocycles. The van der Waals surface area contributed by atoms with Gasteiger partial charge in [-0.05, 0) is 53.3 Å². The number of thiophene rings is 1. The Labute approximate surface area is 244 Å². The molecule has 3 heterocycles. The van der Waals surface area contributed by atoms with Crippen molar-refractivity contribution in [3.63, 3.8) is 0 Å². The van der Waals surface area contributed by atoms with E-state index in [1.54, 1.807) is 11.5 Å². The molecule has 3 aromatic carbocycles. The zero-order valence-corrected chi connectivity index (χ0v) is 23.9. The van der Waals surface area contributed by atoms with E-state index in [1.165, 1.54) is 22.7 Å². The zero-order chi connectivity index (χ0) is 28.2. The van der Waals surface area contributed by atoms with Crippen molar-refractivity contribution in [3.05, 3.63) is 155 Å². The second kappa shape index (κ2) is 11.9. The number of nitrogens with zero attached hydrogens (tertiary/aromatic N) is 2. The molecule has 0 radical (unpaired) electrons. The number of benzene rings is 3. The fourth-order valence-corrected chi connectivity index (χ4v) is 6.52. The van der Waals surface area contributed by atoms with E-state index in [0.717, 1.165) is 27.3 Å². The standard InChI is InChI=1S/C33H26N2O4S2/c1-22-29(32(37)39-21-25-11-6-3-7-12-25)30(27-13-8-18-40-27)35-31(36)28(41-33(35)34-22)19-23-14-16-26(17-15-23)38-20-24-9-4-2-5-10-24/h2-19,30H,20-21H2,1H3/b28-19+/t30-/m0/s1. The van der Waals surface area contributed by atoms with Gasteiger partial charge in [0, 0.05) is 4.88 Å². The number of thiazole rings is 1. The van der Waals surface area contributed by atoms with E-state index in [1.807, 2.05) is 109 Å². The van der Waals surface area contributed by atoms with Gasteiger partial charge in [0.2, 0.25) is 0 Å². The fraction of sp³-hybridized carbons (Fsp3) is 0.121. The summed E-state index contributed by atoms with van der Waals surface area (Å²) < 4.78 is 13.7. The molecule has 2 aromatic heterocycles. The van der Waals surface area contributed by atoms with Crippen molar-refractivity contribution in [1.29, 1.82) is 0 Å². The molecule has 1 atom stereocenters. The quantitative estimate of drug-likeness (QED) is 0.224. The van der Waals surface area contributed by atoms with Gasteiger partial charge in [-0.25, -0.2) is 9.79 Å². The predicted molar refractivity (Wildman–Crippen MR) is 162 cm³/mol. The highest BCUT2D eigenvalue weighted by molar-refractivity contribution is 7.10. The van der Waals surface area contributed by atoms with Crippen LogP contribution in [0.1, 0.15) is 34.5 Å². The van der Waals surface area contributed by atoms with Crippen LogP contribution < -0.4 is 19.6 Å². The van der Waals surface area contributed by atoms with Crippen LogP contribution >= 0.6 is 22.7 Å². The highest BCUT2D eigenvalue weighted by atomic mass is 32.1. The van der Waals surface area contributed by atoms with Gasteiger partial charge in [-0.3, -0.25) is 9.36 Å². The molecule has 1 aliphatic heterocycles. The van der Waals surface area contributed by atoms with Crippen molar-refractivity contribution in [2.75, 3.05) is 0 Å². The number of carbonyl (C=O) groups is 1. The lowest BCUT2D eigenvalue weighted by molar-refractivity contribution is -0.140. The van der Waals surface area contributed by atoms with Gasteiger partial charge >= 0.3 is 5.97 Å². The first kappa shape index (κ1) is 26.7. The monoisotopic (exact) mass is 578 g/mol. The third-order valence-corrected chi connectivity index (χ3v) is 8.60. The van der Waals surface area contributed by atoms with E-state index in [2.05, 4.69) is 4.99 Å². The minimum Gasteiger partial charge on any atom is -0.489 e. The average molecular weight is 579 g/mol. The van der Waals surface area contributed by atoms with Crippen molar-refractivity contribution in [2.24, 2.45) is 4.99 Å². The number of aromatic nitrogens is 1. The van der Waals surface area contributed by atoms with Gasteiger partial charge in [-0.2, -0.15) is 0 Å². The Morgan fingerprint density at radius 3 is 2.24 bits per heavy atom. The molecule has 0 unspecified atom stereocenters. The maximum atomic E-state index is 13.8. The summed E-state index contributed by atoms with van der Waals surface area (Å²) in [5, 5.41) is 1.94. The maximum absolute atomic E-state index is 13.8. The highest BCUT2D eigenvalue weighted by Crippen LogP contribution is 2.33. The summed E-state index contributed by atoms with van der Waals surface area (Å²) in [7, 11) is 0. The van der Waals surface area contributed by atoms with Crippen molar-refractivity contribution in [3.8, 4) is 5.75 Å². The van der Waals surface area contributed by atoms with Gasteiger partial charge in [0.1, 0.15) is 25.0 Å². The molecular formula is C33H26N2O4S2. The Morgan fingerprint density at radius 2 is 1.59 bits per heavy atom. The number of ether oxygens (including phenoxy) is 2. The van der Waals surface area contributed by atoms with E-state index < -0.39 is 12.0 Å². The summed E-state index contributed by atoms with van der Waals surface area (Å²) >= 11 is 2.81. The molecule has 0 spiro atoms. The maximum Gasteiger partial charge on any atom is 0.338 e. The topological polar surface area (TPSA) is 69.9 Å². The number of esters is 1. The van der Waals surface area contributed by atoms with Crippen LogP contribution in [0.2, 0.25) is 0 Å². The molecule has 41 heavy (non-hydrogen) atoms. The molecule has 0 amide bonds. The van der Waals surface area contributed by atoms with Crippen LogP contribution in [0.5, 0.6) is 5.75 Å². The van der Waals surface area contributed by atoms with Crippen molar-refractivity contribution in [2.45, 2.75) is 26.2 Å². The first-order valence-corrected chi connectivity index (χ1v) is 14.8. The highest BCUT2D eigenvalue weighted by Gasteiger charge is 2.34. The molecule has 0 bridgehead atoms. The Morgan fingerprint density at radius 1 is 0.902 bits per heavy atom. The summed E-state index contributed by atoms with van der Waals surface area (Å²) in [6.45, 7) is 2.42. The summed E-state index contributed by atoms with van der Waals surface area (Å²) in [5.41, 5.74) is 3.58. The molecule has 0 N–H and O–H groups in total. The smallest absolute Gasteiger partial charge is 0.338 e. The normalized spacial score (nSPS) is 14.9. The lowest BCUT2D eigenvalue weighted by Crippen LogP contribution is -2.39. The van der Waals surface area contributed by atoms with E-state index in [4.69, 9.17) is 9.47 Å². The summed E-state index contributed by atoms with van der Waals surface area (Å²) in [5.74, 6) is 0.272. The molecule has 204 valence electrons. The van der Waals surface area contributed by atoms with E-state index in [9.17, 15) is 9.59 Å². The lowest BCUT2D eigenvalue weighted by Gasteiger charge is -2.23. The van der Waals surface area contributed by atoms with Crippen molar-refractivity contribution < 1.29 is 14.3 Å². The van der Waals surface area contributed by atoms with Gasteiger partial charge in [0.05, 0.1) is 15.8 Å². The second-order valence-corrected chi connectivity index (χ2v) is 11.5. The Bertz CT molecular complexity index is 1870. The Kier molecular flexibility index (Phi) is 7.75. The number of hydrogen-bond acceptors (Lipinski definition) is 7. The number of carbonyl (C=O) groups excluding carboxylic acids is 1. The largest absolute Gasteiger partial charge is 0.489 e. The van der Waals surface area contributed by atoms with Crippen LogP contribution in [0.3, 0.4) is 0 Å². The van der Waals surface area contributed by atoms with Gasteiger partial charge in [-0.1, -0.05) is 90.2 Å². The zero-order valence-electron chi connectivity index (χ0n) is 22.2. The summed E-state index contributed by atoms with van der Waals surface area (Å²) in [6.07, 6.45) is 1.85. The summed E-state index contributed by atoms with van der Waals surface area (Å²) in [6, 6.07) is 30.4. The molecule has 0 fully saturated rings. The average Bonchev–Trinajstić information content (AvgIpc) is 3.64. The first-order valence-electron chi connectivity index (χ1n) is 13.1. The molecule has 6 nitrogen and oxygen atoms in total. The first-order chi connectivity index (χ1) is 20.1. The van der Waals surface area contributed by atoms with Crippen LogP contribution in [0.15, 0.2) is 123 Å².